The van der Waals surface area contributed by atoms with Crippen LogP contribution in [0.3, 0.4) is 0 Å². The number of nitrogens with zero attached hydrogens (tertiary/aromatic N) is 4. The van der Waals surface area contributed by atoms with Gasteiger partial charge in [0.05, 0.1) is 34.3 Å². The van der Waals surface area contributed by atoms with Crippen molar-refractivity contribution in [1.29, 1.82) is 0 Å². The summed E-state index contributed by atoms with van der Waals surface area (Å²) in [6, 6.07) is 6.20. The van der Waals surface area contributed by atoms with E-state index in [1.165, 1.54) is 16.7 Å². The zero-order chi connectivity index (χ0) is 23.2. The average Bonchev–Trinajstić information content (AvgIpc) is 3.17. The van der Waals surface area contributed by atoms with Crippen LogP contribution in [0.4, 0.5) is 10.1 Å². The minimum absolute atomic E-state index is 0.205. The fourth-order valence-corrected chi connectivity index (χ4v) is 3.85. The van der Waals surface area contributed by atoms with E-state index >= 15 is 0 Å². The standard InChI is InChI=1S/C22H19ClFN5O3/c1-11(26-18-5-4-14(24)8-16(18)22(31)32)15-6-13(23)7-17-19(15)27-20(29(3)21(17)30)12-9-25-28(2)10-12/h4-11,26H,1-3H3,(H,31,32). The van der Waals surface area contributed by atoms with Crippen LogP contribution in [-0.4, -0.2) is 30.4 Å². The fourth-order valence-electron chi connectivity index (χ4n) is 3.62. The minimum atomic E-state index is -1.26. The number of anilines is 1. The van der Waals surface area contributed by atoms with Crippen molar-refractivity contribution in [2.75, 3.05) is 5.32 Å². The lowest BCUT2D eigenvalue weighted by atomic mass is 10.0. The summed E-state index contributed by atoms with van der Waals surface area (Å²) in [5.41, 5.74) is 1.44. The number of hydrogen-bond donors (Lipinski definition) is 2. The van der Waals surface area contributed by atoms with E-state index in [1.54, 1.807) is 50.2 Å². The molecule has 8 nitrogen and oxygen atoms in total. The number of nitrogens with one attached hydrogen (secondary N) is 1. The van der Waals surface area contributed by atoms with Crippen LogP contribution < -0.4 is 10.9 Å². The van der Waals surface area contributed by atoms with Crippen molar-refractivity contribution in [3.63, 3.8) is 0 Å². The Kier molecular flexibility index (Phi) is 5.43. The lowest BCUT2D eigenvalue weighted by Crippen LogP contribution is -2.21. The van der Waals surface area contributed by atoms with Crippen LogP contribution in [0.5, 0.6) is 0 Å². The van der Waals surface area contributed by atoms with Gasteiger partial charge in [-0.15, -0.1) is 0 Å². The first-order chi connectivity index (χ1) is 15.2. The first-order valence-electron chi connectivity index (χ1n) is 9.64. The second kappa shape index (κ2) is 8.08. The molecule has 0 aliphatic rings. The molecular weight excluding hydrogens is 437 g/mol. The molecule has 32 heavy (non-hydrogen) atoms. The molecule has 1 unspecified atom stereocenters. The van der Waals surface area contributed by atoms with Crippen LogP contribution in [0.25, 0.3) is 22.3 Å². The van der Waals surface area contributed by atoms with Crippen LogP contribution in [0.15, 0.2) is 47.5 Å². The largest absolute Gasteiger partial charge is 0.478 e. The van der Waals surface area contributed by atoms with E-state index < -0.39 is 17.8 Å². The summed E-state index contributed by atoms with van der Waals surface area (Å²) in [7, 11) is 3.39. The van der Waals surface area contributed by atoms with E-state index in [0.29, 0.717) is 32.9 Å². The molecule has 0 saturated heterocycles. The molecule has 2 heterocycles. The number of carboxylic acid groups (broad SMARTS) is 1. The number of aromatic carboxylic acids is 1. The molecule has 2 N–H and O–H groups in total. The van der Waals surface area contributed by atoms with Gasteiger partial charge in [-0.3, -0.25) is 14.0 Å². The molecule has 0 amide bonds. The zero-order valence-electron chi connectivity index (χ0n) is 17.4. The van der Waals surface area contributed by atoms with Crippen LogP contribution in [0.2, 0.25) is 5.02 Å². The summed E-state index contributed by atoms with van der Waals surface area (Å²) in [5, 5.41) is 17.3. The number of fused-ring (bicyclic) bond motifs is 1. The van der Waals surface area contributed by atoms with Gasteiger partial charge in [0.15, 0.2) is 0 Å². The minimum Gasteiger partial charge on any atom is -0.478 e. The zero-order valence-corrected chi connectivity index (χ0v) is 18.2. The summed E-state index contributed by atoms with van der Waals surface area (Å²) in [4.78, 5) is 29.4. The molecule has 0 saturated carbocycles. The molecule has 2 aromatic carbocycles. The Balaban J connectivity index is 1.88. The van der Waals surface area contributed by atoms with Crippen molar-refractivity contribution >= 4 is 34.2 Å². The SMILES string of the molecule is CC(Nc1ccc(F)cc1C(=O)O)c1cc(Cl)cc2c(=O)n(C)c(-c3cnn(C)c3)nc12. The summed E-state index contributed by atoms with van der Waals surface area (Å²) >= 11 is 6.30. The van der Waals surface area contributed by atoms with E-state index in [9.17, 15) is 19.1 Å². The third-order valence-corrected chi connectivity index (χ3v) is 5.41. The van der Waals surface area contributed by atoms with Gasteiger partial charge in [-0.05, 0) is 37.3 Å². The first-order valence-corrected chi connectivity index (χ1v) is 10.0. The maximum Gasteiger partial charge on any atom is 0.337 e. The van der Waals surface area contributed by atoms with Gasteiger partial charge in [0.1, 0.15) is 11.6 Å². The Morgan fingerprint density at radius 2 is 2.00 bits per heavy atom. The molecule has 2 aromatic heterocycles. The Morgan fingerprint density at radius 1 is 1.25 bits per heavy atom. The molecule has 10 heteroatoms. The predicted octanol–water partition coefficient (Wildman–Crippen LogP) is 4.00. The third kappa shape index (κ3) is 3.82. The number of hydrogen-bond acceptors (Lipinski definition) is 5. The lowest BCUT2D eigenvalue weighted by molar-refractivity contribution is 0.0697. The Morgan fingerprint density at radius 3 is 2.66 bits per heavy atom. The van der Waals surface area contributed by atoms with Crippen molar-refractivity contribution in [2.45, 2.75) is 13.0 Å². The highest BCUT2D eigenvalue weighted by Crippen LogP contribution is 2.30. The topological polar surface area (TPSA) is 102 Å². The van der Waals surface area contributed by atoms with Crippen LogP contribution >= 0.6 is 11.6 Å². The Hall–Kier alpha value is -3.72. The number of benzene rings is 2. The van der Waals surface area contributed by atoms with Crippen molar-refractivity contribution in [3.8, 4) is 11.4 Å². The third-order valence-electron chi connectivity index (χ3n) is 5.19. The number of carbonyl (C=O) groups is 1. The summed E-state index contributed by atoms with van der Waals surface area (Å²) in [6.45, 7) is 1.78. The summed E-state index contributed by atoms with van der Waals surface area (Å²) in [5.74, 6) is -1.49. The fraction of sp³-hybridized carbons (Fsp3) is 0.182. The highest BCUT2D eigenvalue weighted by molar-refractivity contribution is 6.31. The Labute approximate surface area is 186 Å². The van der Waals surface area contributed by atoms with Gasteiger partial charge in [0, 0.05) is 36.6 Å². The molecule has 4 aromatic rings. The van der Waals surface area contributed by atoms with Gasteiger partial charge >= 0.3 is 5.97 Å². The molecule has 0 radical (unpaired) electrons. The van der Waals surface area contributed by atoms with E-state index in [1.807, 2.05) is 0 Å². The van der Waals surface area contributed by atoms with Gasteiger partial charge in [-0.25, -0.2) is 14.2 Å². The second-order valence-corrected chi connectivity index (χ2v) is 7.89. The van der Waals surface area contributed by atoms with Gasteiger partial charge in [0.2, 0.25) is 0 Å². The van der Waals surface area contributed by atoms with Gasteiger partial charge in [0.25, 0.3) is 5.56 Å². The molecule has 164 valence electrons. The van der Waals surface area contributed by atoms with Crippen molar-refractivity contribution in [2.24, 2.45) is 14.1 Å². The number of carboxylic acids is 1. The van der Waals surface area contributed by atoms with E-state index in [2.05, 4.69) is 10.4 Å². The Bertz CT molecular complexity index is 1430. The monoisotopic (exact) mass is 455 g/mol. The van der Waals surface area contributed by atoms with Gasteiger partial charge < -0.3 is 10.4 Å². The molecule has 0 aliphatic carbocycles. The molecule has 4 rings (SSSR count). The number of rotatable bonds is 5. The van der Waals surface area contributed by atoms with Crippen molar-refractivity contribution < 1.29 is 14.3 Å². The van der Waals surface area contributed by atoms with Crippen LogP contribution in [0, 0.1) is 5.82 Å². The summed E-state index contributed by atoms with van der Waals surface area (Å²) < 4.78 is 16.6. The molecule has 0 bridgehead atoms. The molecule has 0 aliphatic heterocycles. The smallest absolute Gasteiger partial charge is 0.337 e. The molecule has 1 atom stereocenters. The number of halogens is 2. The van der Waals surface area contributed by atoms with Crippen LogP contribution in [0.1, 0.15) is 28.9 Å². The highest BCUT2D eigenvalue weighted by Gasteiger charge is 2.20. The van der Waals surface area contributed by atoms with E-state index in [-0.39, 0.29) is 16.8 Å². The average molecular weight is 456 g/mol. The lowest BCUT2D eigenvalue weighted by Gasteiger charge is -2.20. The maximum absolute atomic E-state index is 13.6. The quantitative estimate of drug-likeness (QED) is 0.471. The molecular formula is C22H19ClFN5O3. The van der Waals surface area contributed by atoms with E-state index in [4.69, 9.17) is 16.6 Å². The first kappa shape index (κ1) is 21.5. The number of aryl methyl sites for hydroxylation is 1. The number of aromatic nitrogens is 4. The predicted molar refractivity (Wildman–Crippen MR) is 120 cm³/mol. The van der Waals surface area contributed by atoms with Crippen LogP contribution in [-0.2, 0) is 14.1 Å². The maximum atomic E-state index is 13.6. The van der Waals surface area contributed by atoms with Crippen molar-refractivity contribution in [3.05, 3.63) is 75.0 Å². The van der Waals surface area contributed by atoms with Gasteiger partial charge in [-0.1, -0.05) is 11.6 Å². The normalized spacial score (nSPS) is 12.2. The highest BCUT2D eigenvalue weighted by atomic mass is 35.5. The van der Waals surface area contributed by atoms with E-state index in [0.717, 1.165) is 6.07 Å². The van der Waals surface area contributed by atoms with Gasteiger partial charge in [-0.2, -0.15) is 5.10 Å². The van der Waals surface area contributed by atoms with Crippen molar-refractivity contribution in [1.82, 2.24) is 19.3 Å². The molecule has 0 fully saturated rings. The molecule has 0 spiro atoms. The second-order valence-electron chi connectivity index (χ2n) is 7.45. The summed E-state index contributed by atoms with van der Waals surface area (Å²) in [6.07, 6.45) is 3.37.